The summed E-state index contributed by atoms with van der Waals surface area (Å²) in [5.41, 5.74) is 2.85. The summed E-state index contributed by atoms with van der Waals surface area (Å²) in [5, 5.41) is 3.19. The van der Waals surface area contributed by atoms with Gasteiger partial charge in [0, 0.05) is 37.1 Å². The van der Waals surface area contributed by atoms with Gasteiger partial charge in [-0.15, -0.1) is 0 Å². The minimum Gasteiger partial charge on any atom is -0.495 e. The molecule has 1 N–H and O–H groups in total. The average molecular weight is 339 g/mol. The topological polar surface area (TPSA) is 54.5 Å². The van der Waals surface area contributed by atoms with Gasteiger partial charge in [0.2, 0.25) is 0 Å². The summed E-state index contributed by atoms with van der Waals surface area (Å²) in [6.45, 7) is 3.85. The molecule has 0 atom stereocenters. The molecular weight excluding hydrogens is 314 g/mol. The van der Waals surface area contributed by atoms with Crippen molar-refractivity contribution in [1.29, 1.82) is 0 Å². The number of pyridine rings is 1. The van der Waals surface area contributed by atoms with E-state index in [1.807, 2.05) is 25.1 Å². The highest BCUT2D eigenvalue weighted by Crippen LogP contribution is 2.29. The van der Waals surface area contributed by atoms with E-state index < -0.39 is 0 Å². The molecule has 0 aliphatic carbocycles. The Morgan fingerprint density at radius 3 is 2.76 bits per heavy atom. The van der Waals surface area contributed by atoms with Gasteiger partial charge in [0.15, 0.2) is 0 Å². The van der Waals surface area contributed by atoms with Crippen LogP contribution in [0.15, 0.2) is 42.7 Å². The number of amides is 1. The number of aromatic nitrogens is 1. The van der Waals surface area contributed by atoms with Crippen molar-refractivity contribution in [3.8, 4) is 5.75 Å². The SMILES string of the molecule is CCc1cnccc1C(=O)NC1CCN(c2ccccc2OC)CC1. The lowest BCUT2D eigenvalue weighted by Crippen LogP contribution is -2.45. The zero-order chi connectivity index (χ0) is 17.6. The second kappa shape index (κ2) is 8.01. The third kappa shape index (κ3) is 3.92. The molecule has 1 amide bonds. The number of ether oxygens (including phenoxy) is 1. The monoisotopic (exact) mass is 339 g/mol. The third-order valence-electron chi connectivity index (χ3n) is 4.79. The first-order chi connectivity index (χ1) is 12.2. The summed E-state index contributed by atoms with van der Waals surface area (Å²) in [6.07, 6.45) is 6.12. The lowest BCUT2D eigenvalue weighted by Gasteiger charge is -2.34. The number of hydrogen-bond donors (Lipinski definition) is 1. The van der Waals surface area contributed by atoms with Crippen molar-refractivity contribution in [2.24, 2.45) is 0 Å². The van der Waals surface area contributed by atoms with E-state index in [4.69, 9.17) is 4.74 Å². The number of anilines is 1. The molecule has 1 aliphatic heterocycles. The van der Waals surface area contributed by atoms with Gasteiger partial charge in [-0.25, -0.2) is 0 Å². The Morgan fingerprint density at radius 2 is 2.04 bits per heavy atom. The Balaban J connectivity index is 1.60. The molecule has 1 fully saturated rings. The van der Waals surface area contributed by atoms with Crippen LogP contribution in [0.5, 0.6) is 5.75 Å². The lowest BCUT2D eigenvalue weighted by molar-refractivity contribution is 0.0930. The molecule has 25 heavy (non-hydrogen) atoms. The Hall–Kier alpha value is -2.56. The molecule has 132 valence electrons. The van der Waals surface area contributed by atoms with Gasteiger partial charge < -0.3 is 15.0 Å². The fourth-order valence-electron chi connectivity index (χ4n) is 3.35. The predicted octanol–water partition coefficient (Wildman–Crippen LogP) is 3.05. The summed E-state index contributed by atoms with van der Waals surface area (Å²) in [6, 6.07) is 10.1. The Morgan fingerprint density at radius 1 is 1.28 bits per heavy atom. The Labute approximate surface area is 149 Å². The average Bonchev–Trinajstić information content (AvgIpc) is 2.68. The molecule has 0 spiro atoms. The first-order valence-electron chi connectivity index (χ1n) is 8.84. The molecule has 0 unspecified atom stereocenters. The van der Waals surface area contributed by atoms with Gasteiger partial charge in [-0.1, -0.05) is 19.1 Å². The number of nitrogens with zero attached hydrogens (tertiary/aromatic N) is 2. The van der Waals surface area contributed by atoms with Crippen LogP contribution in [0.25, 0.3) is 0 Å². The summed E-state index contributed by atoms with van der Waals surface area (Å²) in [5.74, 6) is 0.907. The first-order valence-corrected chi connectivity index (χ1v) is 8.84. The first kappa shape index (κ1) is 17.3. The van der Waals surface area contributed by atoms with Crippen LogP contribution in [-0.2, 0) is 6.42 Å². The number of rotatable bonds is 5. The van der Waals surface area contributed by atoms with Crippen LogP contribution in [0.2, 0.25) is 0 Å². The van der Waals surface area contributed by atoms with E-state index in [0.29, 0.717) is 0 Å². The van der Waals surface area contributed by atoms with E-state index in [0.717, 1.165) is 54.9 Å². The smallest absolute Gasteiger partial charge is 0.251 e. The van der Waals surface area contributed by atoms with Crippen LogP contribution in [0.4, 0.5) is 5.69 Å². The minimum absolute atomic E-state index is 0.00925. The fourth-order valence-corrected chi connectivity index (χ4v) is 3.35. The van der Waals surface area contributed by atoms with Gasteiger partial charge in [0.05, 0.1) is 12.8 Å². The Bertz CT molecular complexity index is 724. The number of nitrogens with one attached hydrogen (secondary N) is 1. The number of para-hydroxylation sites is 2. The highest BCUT2D eigenvalue weighted by Gasteiger charge is 2.23. The maximum atomic E-state index is 12.6. The second-order valence-corrected chi connectivity index (χ2v) is 6.29. The van der Waals surface area contributed by atoms with Crippen molar-refractivity contribution in [3.63, 3.8) is 0 Å². The molecule has 5 nitrogen and oxygen atoms in total. The molecule has 1 aromatic carbocycles. The molecule has 0 saturated carbocycles. The number of aryl methyl sites for hydroxylation is 1. The van der Waals surface area contributed by atoms with E-state index in [1.54, 1.807) is 25.6 Å². The third-order valence-corrected chi connectivity index (χ3v) is 4.79. The van der Waals surface area contributed by atoms with Crippen LogP contribution < -0.4 is 15.0 Å². The van der Waals surface area contributed by atoms with Gasteiger partial charge in [0.1, 0.15) is 5.75 Å². The normalized spacial score (nSPS) is 15.0. The molecule has 2 aromatic rings. The highest BCUT2D eigenvalue weighted by atomic mass is 16.5. The molecule has 1 aliphatic rings. The predicted molar refractivity (Wildman–Crippen MR) is 99.3 cm³/mol. The summed E-state index contributed by atoms with van der Waals surface area (Å²) < 4.78 is 5.46. The zero-order valence-electron chi connectivity index (χ0n) is 14.9. The Kier molecular flexibility index (Phi) is 5.53. The van der Waals surface area contributed by atoms with Gasteiger partial charge in [-0.05, 0) is 43.0 Å². The van der Waals surface area contributed by atoms with Crippen molar-refractivity contribution in [2.45, 2.75) is 32.2 Å². The quantitative estimate of drug-likeness (QED) is 0.910. The highest BCUT2D eigenvalue weighted by molar-refractivity contribution is 5.95. The van der Waals surface area contributed by atoms with E-state index >= 15 is 0 Å². The number of methoxy groups -OCH3 is 1. The molecule has 2 heterocycles. The van der Waals surface area contributed by atoms with E-state index in [2.05, 4.69) is 21.3 Å². The van der Waals surface area contributed by atoms with Gasteiger partial charge in [0.25, 0.3) is 5.91 Å². The van der Waals surface area contributed by atoms with Crippen LogP contribution >= 0.6 is 0 Å². The number of carbonyl (C=O) groups excluding carboxylic acids is 1. The van der Waals surface area contributed by atoms with Crippen molar-refractivity contribution in [1.82, 2.24) is 10.3 Å². The van der Waals surface area contributed by atoms with Crippen molar-refractivity contribution >= 4 is 11.6 Å². The lowest BCUT2D eigenvalue weighted by atomic mass is 10.0. The molecule has 0 bridgehead atoms. The van der Waals surface area contributed by atoms with Gasteiger partial charge in [-0.2, -0.15) is 0 Å². The van der Waals surface area contributed by atoms with Crippen molar-refractivity contribution in [2.75, 3.05) is 25.1 Å². The molecule has 3 rings (SSSR count). The van der Waals surface area contributed by atoms with Crippen LogP contribution in [0.1, 0.15) is 35.7 Å². The molecule has 1 saturated heterocycles. The minimum atomic E-state index is 0.00925. The maximum Gasteiger partial charge on any atom is 0.251 e. The van der Waals surface area contributed by atoms with Crippen LogP contribution in [0.3, 0.4) is 0 Å². The summed E-state index contributed by atoms with van der Waals surface area (Å²) in [4.78, 5) is 19.0. The maximum absolute atomic E-state index is 12.6. The molecule has 1 aromatic heterocycles. The largest absolute Gasteiger partial charge is 0.495 e. The van der Waals surface area contributed by atoms with Crippen molar-refractivity contribution in [3.05, 3.63) is 53.9 Å². The van der Waals surface area contributed by atoms with Gasteiger partial charge in [-0.3, -0.25) is 9.78 Å². The molecule has 0 radical (unpaired) electrons. The second-order valence-electron chi connectivity index (χ2n) is 6.29. The van der Waals surface area contributed by atoms with E-state index in [-0.39, 0.29) is 11.9 Å². The van der Waals surface area contributed by atoms with Crippen molar-refractivity contribution < 1.29 is 9.53 Å². The van der Waals surface area contributed by atoms with Crippen LogP contribution in [-0.4, -0.2) is 37.1 Å². The number of benzene rings is 1. The molecule has 5 heteroatoms. The van der Waals surface area contributed by atoms with Gasteiger partial charge >= 0.3 is 0 Å². The van der Waals surface area contributed by atoms with E-state index in [1.165, 1.54) is 0 Å². The van der Waals surface area contributed by atoms with E-state index in [9.17, 15) is 4.79 Å². The molecular formula is C20H25N3O2. The van der Waals surface area contributed by atoms with Crippen LogP contribution in [0, 0.1) is 0 Å². The number of piperidine rings is 1. The number of hydrogen-bond acceptors (Lipinski definition) is 4. The number of carbonyl (C=O) groups is 1. The standard InChI is InChI=1S/C20H25N3O2/c1-3-15-14-21-11-8-17(15)20(24)22-16-9-12-23(13-10-16)18-6-4-5-7-19(18)25-2/h4-8,11,14,16H,3,9-10,12-13H2,1-2H3,(H,22,24). The summed E-state index contributed by atoms with van der Waals surface area (Å²) >= 11 is 0. The summed E-state index contributed by atoms with van der Waals surface area (Å²) in [7, 11) is 1.70. The zero-order valence-corrected chi connectivity index (χ0v) is 14.9. The fraction of sp³-hybridized carbons (Fsp3) is 0.400.